The molecule has 5 aliphatic rings. The molecule has 1 saturated carbocycles. The van der Waals surface area contributed by atoms with E-state index in [-0.39, 0.29) is 19.4 Å². The van der Waals surface area contributed by atoms with Gasteiger partial charge < -0.3 is 18.9 Å². The molecule has 3 aliphatic heterocycles. The fourth-order valence-electron chi connectivity index (χ4n) is 10.00. The molecule has 2 aliphatic carbocycles. The fourth-order valence-corrected chi connectivity index (χ4v) is 10.00. The minimum atomic E-state index is -1.59. The molecule has 55 heavy (non-hydrogen) atoms. The molecular formula is C47H31NO7. The second-order valence-electron chi connectivity index (χ2n) is 14.4. The van der Waals surface area contributed by atoms with E-state index < -0.39 is 34.5 Å². The number of Topliss-reactive ketones (excluding diaryl/α,β-unsaturated/α-hetero) is 1. The van der Waals surface area contributed by atoms with Crippen LogP contribution in [0.5, 0.6) is 23.0 Å². The monoisotopic (exact) mass is 721 g/mol. The van der Waals surface area contributed by atoms with Crippen LogP contribution in [0.3, 0.4) is 0 Å². The summed E-state index contributed by atoms with van der Waals surface area (Å²) in [5, 5.41) is 0. The number of rotatable bonds is 6. The van der Waals surface area contributed by atoms with Gasteiger partial charge in [0, 0.05) is 5.56 Å². The van der Waals surface area contributed by atoms with Crippen LogP contribution in [0.4, 0.5) is 5.69 Å². The summed E-state index contributed by atoms with van der Waals surface area (Å²) in [6.07, 6.45) is 0. The second kappa shape index (κ2) is 11.5. The van der Waals surface area contributed by atoms with Crippen LogP contribution in [0.15, 0.2) is 152 Å². The molecule has 1 saturated heterocycles. The van der Waals surface area contributed by atoms with Gasteiger partial charge in [-0.2, -0.15) is 0 Å². The van der Waals surface area contributed by atoms with E-state index in [1.54, 1.807) is 0 Å². The molecule has 8 heteroatoms. The molecule has 2 bridgehead atoms. The highest BCUT2D eigenvalue weighted by atomic mass is 16.7. The number of benzene rings is 6. The molecule has 6 aromatic rings. The number of ketones is 1. The first-order chi connectivity index (χ1) is 27.0. The number of carbonyl (C=O) groups excluding carboxylic acids is 3. The molecule has 11 rings (SSSR count). The Balaban J connectivity index is 1.27. The molecule has 2 fully saturated rings. The van der Waals surface area contributed by atoms with Crippen LogP contribution >= 0.6 is 0 Å². The topological polar surface area (TPSA) is 91.4 Å². The number of para-hydroxylation sites is 1. The van der Waals surface area contributed by atoms with E-state index in [9.17, 15) is 0 Å². The van der Waals surface area contributed by atoms with E-state index in [1.165, 1.54) is 4.90 Å². The second-order valence-corrected chi connectivity index (χ2v) is 14.4. The first kappa shape index (κ1) is 31.6. The third kappa shape index (κ3) is 4.03. The number of carbonyl (C=O) groups is 3. The van der Waals surface area contributed by atoms with Gasteiger partial charge in [-0.3, -0.25) is 14.4 Å². The van der Waals surface area contributed by atoms with Gasteiger partial charge in [0.05, 0.1) is 28.4 Å². The van der Waals surface area contributed by atoms with Crippen LogP contribution < -0.4 is 23.8 Å². The quantitative estimate of drug-likeness (QED) is 0.161. The Morgan fingerprint density at radius 2 is 0.891 bits per heavy atom. The van der Waals surface area contributed by atoms with Gasteiger partial charge in [-0.15, -0.1) is 0 Å². The zero-order valence-electron chi connectivity index (χ0n) is 29.3. The van der Waals surface area contributed by atoms with Crippen molar-refractivity contribution < 1.29 is 33.3 Å². The van der Waals surface area contributed by atoms with Gasteiger partial charge in [-0.25, -0.2) is 4.90 Å². The predicted octanol–water partition coefficient (Wildman–Crippen LogP) is 8.00. The Hall–Kier alpha value is -6.93. The molecule has 6 aromatic carbocycles. The molecule has 266 valence electrons. The zero-order chi connectivity index (χ0) is 36.9. The minimum absolute atomic E-state index is 0.0665. The molecule has 0 unspecified atom stereocenters. The van der Waals surface area contributed by atoms with Gasteiger partial charge in [0.1, 0.15) is 0 Å². The third-order valence-corrected chi connectivity index (χ3v) is 12.0. The maximum Gasteiger partial charge on any atom is 0.239 e. The van der Waals surface area contributed by atoms with Crippen LogP contribution in [0.25, 0.3) is 22.3 Å². The van der Waals surface area contributed by atoms with Crippen molar-refractivity contribution in [2.24, 2.45) is 11.8 Å². The smallest absolute Gasteiger partial charge is 0.239 e. The van der Waals surface area contributed by atoms with Crippen molar-refractivity contribution in [3.05, 3.63) is 174 Å². The Morgan fingerprint density at radius 3 is 1.40 bits per heavy atom. The van der Waals surface area contributed by atoms with Crippen LogP contribution in [-0.4, -0.2) is 31.2 Å². The van der Waals surface area contributed by atoms with Crippen LogP contribution in [0.1, 0.15) is 22.3 Å². The van der Waals surface area contributed by atoms with E-state index in [0.717, 1.165) is 11.1 Å². The van der Waals surface area contributed by atoms with Crippen molar-refractivity contribution >= 4 is 34.4 Å². The van der Waals surface area contributed by atoms with E-state index in [1.807, 2.05) is 152 Å². The molecule has 0 radical (unpaired) electrons. The van der Waals surface area contributed by atoms with Crippen molar-refractivity contribution in [1.82, 2.24) is 0 Å². The number of nitrogens with zero attached hydrogens (tertiary/aromatic N) is 1. The van der Waals surface area contributed by atoms with E-state index >= 15 is 14.4 Å². The average molecular weight is 722 g/mol. The van der Waals surface area contributed by atoms with E-state index in [0.29, 0.717) is 62.1 Å². The maximum atomic E-state index is 16.4. The lowest BCUT2D eigenvalue weighted by atomic mass is 9.59. The number of allylic oxidation sites excluding steroid dienone is 2. The van der Waals surface area contributed by atoms with E-state index in [4.69, 9.17) is 18.9 Å². The summed E-state index contributed by atoms with van der Waals surface area (Å²) in [6, 6.07) is 47.5. The molecular weight excluding hydrogens is 691 g/mol. The number of imide groups is 1. The highest BCUT2D eigenvalue weighted by Crippen LogP contribution is 2.75. The third-order valence-electron chi connectivity index (χ3n) is 12.0. The normalized spacial score (nSPS) is 24.2. The summed E-state index contributed by atoms with van der Waals surface area (Å²) in [4.78, 5) is 49.1. The highest BCUT2D eigenvalue weighted by molar-refractivity contribution is 6.39. The standard InChI is InChI=1S/C47H31NO7/c49-43-41-42(44(50)48(43)34-19-11-10-18-33(34)28-12-4-1-5-13-28)47(32-16-8-3-9-17-32)40(30-21-23-36-38(25-30)55-27-53-36)39(29-20-22-35-37(24-29)54-26-52-35)46(41,45(47)51)31-14-6-2-7-15-31/h1-25,41-42H,26-27H2/t41-,42+,46-,47-/m0/s1. The predicted molar refractivity (Wildman–Crippen MR) is 205 cm³/mol. The number of fused-ring (bicyclic) bond motifs is 7. The van der Waals surface area contributed by atoms with Crippen molar-refractivity contribution in [1.29, 1.82) is 0 Å². The lowest BCUT2D eigenvalue weighted by molar-refractivity contribution is -0.130. The van der Waals surface area contributed by atoms with Crippen molar-refractivity contribution in [3.8, 4) is 34.1 Å². The van der Waals surface area contributed by atoms with Gasteiger partial charge in [-0.1, -0.05) is 121 Å². The Morgan fingerprint density at radius 1 is 0.455 bits per heavy atom. The van der Waals surface area contributed by atoms with Crippen LogP contribution in [0, 0.1) is 11.8 Å². The summed E-state index contributed by atoms with van der Waals surface area (Å²) in [5.74, 6) is -0.989. The summed E-state index contributed by atoms with van der Waals surface area (Å²) in [7, 11) is 0. The summed E-state index contributed by atoms with van der Waals surface area (Å²) >= 11 is 0. The first-order valence-electron chi connectivity index (χ1n) is 18.3. The summed E-state index contributed by atoms with van der Waals surface area (Å²) in [5.41, 5.74) is 2.83. The largest absolute Gasteiger partial charge is 0.454 e. The lowest BCUT2D eigenvalue weighted by Crippen LogP contribution is -2.45. The molecule has 3 heterocycles. The first-order valence-corrected chi connectivity index (χ1v) is 18.3. The summed E-state index contributed by atoms with van der Waals surface area (Å²) < 4.78 is 23.3. The van der Waals surface area contributed by atoms with E-state index in [2.05, 4.69) is 0 Å². The minimum Gasteiger partial charge on any atom is -0.454 e. The summed E-state index contributed by atoms with van der Waals surface area (Å²) in [6.45, 7) is 0.133. The number of ether oxygens (including phenoxy) is 4. The lowest BCUT2D eigenvalue weighted by Gasteiger charge is -2.39. The fraction of sp³-hybridized carbons (Fsp3) is 0.128. The van der Waals surface area contributed by atoms with Crippen molar-refractivity contribution in [2.75, 3.05) is 18.5 Å². The average Bonchev–Trinajstić information content (AvgIpc) is 4.05. The highest BCUT2D eigenvalue weighted by Gasteiger charge is 2.83. The van der Waals surface area contributed by atoms with Gasteiger partial charge in [0.2, 0.25) is 25.4 Å². The zero-order valence-corrected chi connectivity index (χ0v) is 29.3. The number of hydrogen-bond donors (Lipinski definition) is 0. The Labute approximate surface area is 316 Å². The number of amides is 2. The van der Waals surface area contributed by atoms with Gasteiger partial charge >= 0.3 is 0 Å². The Bertz CT molecular complexity index is 2500. The van der Waals surface area contributed by atoms with Crippen molar-refractivity contribution in [2.45, 2.75) is 10.8 Å². The van der Waals surface area contributed by atoms with Gasteiger partial charge in [0.25, 0.3) is 0 Å². The molecule has 4 atom stereocenters. The molecule has 2 amide bonds. The number of anilines is 1. The maximum absolute atomic E-state index is 16.4. The van der Waals surface area contributed by atoms with Crippen molar-refractivity contribution in [3.63, 3.8) is 0 Å². The molecule has 0 spiro atoms. The van der Waals surface area contributed by atoms with Crippen LogP contribution in [-0.2, 0) is 25.2 Å². The molecule has 8 nitrogen and oxygen atoms in total. The SMILES string of the molecule is O=C1[C@@H]2[C@H](C(=O)N1c1ccccc1-c1ccccc1)[C@@]1(c3ccccc3)C(=O)[C@@]2(c2ccccc2)C(c2ccc3c(c2)OCO3)=C1c1ccc2c(c1)OCO2. The van der Waals surface area contributed by atoms with Crippen LogP contribution in [0.2, 0.25) is 0 Å². The number of hydrogen-bond acceptors (Lipinski definition) is 7. The molecule has 0 N–H and O–H groups in total. The Kier molecular flexibility index (Phi) is 6.62. The molecule has 0 aromatic heterocycles. The van der Waals surface area contributed by atoms with Gasteiger partial charge in [0.15, 0.2) is 28.8 Å². The van der Waals surface area contributed by atoms with Gasteiger partial charge in [-0.05, 0) is 69.3 Å².